The van der Waals surface area contributed by atoms with Crippen molar-refractivity contribution < 1.29 is 14.3 Å². The quantitative estimate of drug-likeness (QED) is 0.532. The zero-order valence-corrected chi connectivity index (χ0v) is 13.5. The highest BCUT2D eigenvalue weighted by molar-refractivity contribution is 5.93. The average molecular weight is 307 g/mol. The van der Waals surface area contributed by atoms with E-state index < -0.39 is 0 Å². The second-order valence-corrected chi connectivity index (χ2v) is 5.27. The number of benzene rings is 1. The predicted molar refractivity (Wildman–Crippen MR) is 87.1 cm³/mol. The van der Waals surface area contributed by atoms with Crippen LogP contribution < -0.4 is 10.6 Å². The van der Waals surface area contributed by atoms with Gasteiger partial charge in [-0.05, 0) is 57.9 Å². The number of anilines is 1. The van der Waals surface area contributed by atoms with Crippen molar-refractivity contribution in [3.63, 3.8) is 0 Å². The Kier molecular flexibility index (Phi) is 8.17. The molecular weight excluding hydrogens is 282 g/mol. The Hall–Kier alpha value is -1.92. The minimum absolute atomic E-state index is 0.0501. The highest BCUT2D eigenvalue weighted by atomic mass is 16.5. The Morgan fingerprint density at radius 3 is 2.41 bits per heavy atom. The van der Waals surface area contributed by atoms with Crippen LogP contribution in [0.4, 0.5) is 5.69 Å². The first kappa shape index (κ1) is 18.1. The van der Waals surface area contributed by atoms with Gasteiger partial charge in [0.1, 0.15) is 0 Å². The van der Waals surface area contributed by atoms with Crippen molar-refractivity contribution in [2.45, 2.75) is 12.8 Å². The van der Waals surface area contributed by atoms with Crippen LogP contribution in [-0.2, 0) is 9.53 Å². The van der Waals surface area contributed by atoms with Crippen molar-refractivity contribution in [2.75, 3.05) is 46.2 Å². The maximum Gasteiger partial charge on any atom is 0.337 e. The maximum atomic E-state index is 11.8. The van der Waals surface area contributed by atoms with Crippen LogP contribution in [0.2, 0.25) is 0 Å². The molecule has 0 saturated heterocycles. The number of hydrogen-bond donors (Lipinski definition) is 2. The summed E-state index contributed by atoms with van der Waals surface area (Å²) < 4.78 is 4.62. The van der Waals surface area contributed by atoms with E-state index >= 15 is 0 Å². The van der Waals surface area contributed by atoms with E-state index in [2.05, 4.69) is 20.3 Å². The normalized spacial score (nSPS) is 10.5. The number of amides is 1. The van der Waals surface area contributed by atoms with Gasteiger partial charge in [0.2, 0.25) is 5.91 Å². The number of nitrogens with zero attached hydrogens (tertiary/aromatic N) is 1. The SMILES string of the molecule is COC(=O)c1ccc(NC(=O)CCNCCCN(C)C)cc1. The molecule has 0 radical (unpaired) electrons. The van der Waals surface area contributed by atoms with Gasteiger partial charge >= 0.3 is 5.97 Å². The largest absolute Gasteiger partial charge is 0.465 e. The molecule has 0 aromatic heterocycles. The molecule has 0 aliphatic heterocycles. The van der Waals surface area contributed by atoms with Crippen LogP contribution in [0.15, 0.2) is 24.3 Å². The molecule has 1 aromatic rings. The topological polar surface area (TPSA) is 70.7 Å². The molecule has 6 nitrogen and oxygen atoms in total. The van der Waals surface area contributed by atoms with E-state index in [0.717, 1.165) is 19.5 Å². The highest BCUT2D eigenvalue weighted by Gasteiger charge is 2.06. The first-order valence-electron chi connectivity index (χ1n) is 7.36. The fourth-order valence-corrected chi connectivity index (χ4v) is 1.88. The summed E-state index contributed by atoms with van der Waals surface area (Å²) in [5.41, 5.74) is 1.13. The highest BCUT2D eigenvalue weighted by Crippen LogP contribution is 2.10. The van der Waals surface area contributed by atoms with Gasteiger partial charge < -0.3 is 20.3 Å². The van der Waals surface area contributed by atoms with Crippen LogP contribution in [0.3, 0.4) is 0 Å². The molecule has 0 unspecified atom stereocenters. The number of rotatable bonds is 9. The van der Waals surface area contributed by atoms with Crippen molar-refractivity contribution in [3.05, 3.63) is 29.8 Å². The fraction of sp³-hybridized carbons (Fsp3) is 0.500. The van der Waals surface area contributed by atoms with Crippen molar-refractivity contribution in [3.8, 4) is 0 Å². The molecule has 0 saturated carbocycles. The fourth-order valence-electron chi connectivity index (χ4n) is 1.88. The minimum atomic E-state index is -0.389. The Labute approximate surface area is 131 Å². The molecular formula is C16H25N3O3. The van der Waals surface area contributed by atoms with E-state index in [4.69, 9.17) is 0 Å². The van der Waals surface area contributed by atoms with E-state index in [-0.39, 0.29) is 11.9 Å². The number of nitrogens with one attached hydrogen (secondary N) is 2. The lowest BCUT2D eigenvalue weighted by atomic mass is 10.2. The standard InChI is InChI=1S/C16H25N3O3/c1-19(2)12-4-10-17-11-9-15(20)18-14-7-5-13(6-8-14)16(21)22-3/h5-8,17H,4,9-12H2,1-3H3,(H,18,20). The van der Waals surface area contributed by atoms with Crippen LogP contribution in [0.5, 0.6) is 0 Å². The van der Waals surface area contributed by atoms with Gasteiger partial charge in [0, 0.05) is 18.7 Å². The number of methoxy groups -OCH3 is 1. The van der Waals surface area contributed by atoms with E-state index in [0.29, 0.717) is 24.2 Å². The monoisotopic (exact) mass is 307 g/mol. The molecule has 2 N–H and O–H groups in total. The first-order chi connectivity index (χ1) is 10.5. The predicted octanol–water partition coefficient (Wildman–Crippen LogP) is 1.34. The van der Waals surface area contributed by atoms with Crippen LogP contribution in [0, 0.1) is 0 Å². The van der Waals surface area contributed by atoms with E-state index in [1.807, 2.05) is 14.1 Å². The molecule has 0 fully saturated rings. The number of ether oxygens (including phenoxy) is 1. The van der Waals surface area contributed by atoms with Gasteiger partial charge in [-0.3, -0.25) is 4.79 Å². The first-order valence-corrected chi connectivity index (χ1v) is 7.36. The number of hydrogen-bond acceptors (Lipinski definition) is 5. The lowest BCUT2D eigenvalue weighted by Gasteiger charge is -2.10. The summed E-state index contributed by atoms with van der Waals surface area (Å²) in [4.78, 5) is 25.2. The van der Waals surface area contributed by atoms with Gasteiger partial charge in [0.05, 0.1) is 12.7 Å². The second kappa shape index (κ2) is 9.92. The molecule has 0 atom stereocenters. The van der Waals surface area contributed by atoms with Gasteiger partial charge in [-0.1, -0.05) is 0 Å². The lowest BCUT2D eigenvalue weighted by Crippen LogP contribution is -2.25. The van der Waals surface area contributed by atoms with Crippen molar-refractivity contribution in [2.24, 2.45) is 0 Å². The van der Waals surface area contributed by atoms with Crippen LogP contribution >= 0.6 is 0 Å². The van der Waals surface area contributed by atoms with Gasteiger partial charge in [-0.15, -0.1) is 0 Å². The number of carbonyl (C=O) groups is 2. The van der Waals surface area contributed by atoms with Crippen LogP contribution in [0.25, 0.3) is 0 Å². The third kappa shape index (κ3) is 7.19. The lowest BCUT2D eigenvalue weighted by molar-refractivity contribution is -0.116. The van der Waals surface area contributed by atoms with E-state index in [9.17, 15) is 9.59 Å². The van der Waals surface area contributed by atoms with Crippen LogP contribution in [0.1, 0.15) is 23.2 Å². The van der Waals surface area contributed by atoms with E-state index in [1.165, 1.54) is 7.11 Å². The second-order valence-electron chi connectivity index (χ2n) is 5.27. The zero-order valence-electron chi connectivity index (χ0n) is 13.5. The molecule has 22 heavy (non-hydrogen) atoms. The van der Waals surface area contributed by atoms with Crippen molar-refractivity contribution in [1.29, 1.82) is 0 Å². The van der Waals surface area contributed by atoms with Crippen molar-refractivity contribution >= 4 is 17.6 Å². The van der Waals surface area contributed by atoms with Gasteiger partial charge in [-0.2, -0.15) is 0 Å². The summed E-state index contributed by atoms with van der Waals surface area (Å²) in [6, 6.07) is 6.63. The zero-order chi connectivity index (χ0) is 16.4. The molecule has 0 aliphatic rings. The van der Waals surface area contributed by atoms with Crippen molar-refractivity contribution in [1.82, 2.24) is 10.2 Å². The summed E-state index contributed by atoms with van der Waals surface area (Å²) in [5, 5.41) is 6.04. The molecule has 1 rings (SSSR count). The molecule has 6 heteroatoms. The molecule has 0 heterocycles. The Bertz CT molecular complexity index is 472. The minimum Gasteiger partial charge on any atom is -0.465 e. The Morgan fingerprint density at radius 1 is 1.14 bits per heavy atom. The molecule has 0 spiro atoms. The van der Waals surface area contributed by atoms with Crippen LogP contribution in [-0.4, -0.2) is 57.6 Å². The molecule has 0 bridgehead atoms. The summed E-state index contributed by atoms with van der Waals surface area (Å²) in [6.45, 7) is 2.59. The summed E-state index contributed by atoms with van der Waals surface area (Å²) in [6.07, 6.45) is 1.48. The maximum absolute atomic E-state index is 11.8. The Balaban J connectivity index is 2.23. The Morgan fingerprint density at radius 2 is 1.82 bits per heavy atom. The van der Waals surface area contributed by atoms with Gasteiger partial charge in [0.25, 0.3) is 0 Å². The third-order valence-electron chi connectivity index (χ3n) is 3.08. The third-order valence-corrected chi connectivity index (χ3v) is 3.08. The summed E-state index contributed by atoms with van der Waals surface area (Å²) in [7, 11) is 5.42. The molecule has 1 aromatic carbocycles. The smallest absolute Gasteiger partial charge is 0.337 e. The summed E-state index contributed by atoms with van der Waals surface area (Å²) in [5.74, 6) is -0.439. The molecule has 122 valence electrons. The average Bonchev–Trinajstić information content (AvgIpc) is 2.50. The molecule has 1 amide bonds. The molecule has 0 aliphatic carbocycles. The number of esters is 1. The summed E-state index contributed by atoms with van der Waals surface area (Å²) >= 11 is 0. The number of carbonyl (C=O) groups excluding carboxylic acids is 2. The van der Waals surface area contributed by atoms with Gasteiger partial charge in [0.15, 0.2) is 0 Å². The van der Waals surface area contributed by atoms with Gasteiger partial charge in [-0.25, -0.2) is 4.79 Å². The van der Waals surface area contributed by atoms with E-state index in [1.54, 1.807) is 24.3 Å².